The van der Waals surface area contributed by atoms with Gasteiger partial charge in [0.05, 0.1) is 18.8 Å². The van der Waals surface area contributed by atoms with Crippen molar-refractivity contribution >= 4 is 16.9 Å². The zero-order chi connectivity index (χ0) is 13.1. The molecule has 0 unspecified atom stereocenters. The van der Waals surface area contributed by atoms with Crippen molar-refractivity contribution in [2.24, 2.45) is 5.73 Å². The third-order valence-corrected chi connectivity index (χ3v) is 3.03. The van der Waals surface area contributed by atoms with E-state index in [-0.39, 0.29) is 5.97 Å². The van der Waals surface area contributed by atoms with Gasteiger partial charge in [0.1, 0.15) is 6.04 Å². The average Bonchev–Trinajstić information content (AvgIpc) is 2.84. The van der Waals surface area contributed by atoms with Crippen molar-refractivity contribution in [3.05, 3.63) is 29.5 Å². The molecule has 3 N–H and O–H groups in total. The summed E-state index contributed by atoms with van der Waals surface area (Å²) in [5, 5.41) is 8.06. The van der Waals surface area contributed by atoms with E-state index in [2.05, 4.69) is 27.9 Å². The molecule has 0 bridgehead atoms. The molecule has 18 heavy (non-hydrogen) atoms. The van der Waals surface area contributed by atoms with Crippen LogP contribution in [0.15, 0.2) is 18.3 Å². The fraction of sp³-hybridized carbons (Fsp3) is 0.385. The van der Waals surface area contributed by atoms with Crippen molar-refractivity contribution < 1.29 is 9.53 Å². The molecule has 0 saturated heterocycles. The predicted octanol–water partition coefficient (Wildman–Crippen LogP) is 1.17. The smallest absolute Gasteiger partial charge is 0.322 e. The summed E-state index contributed by atoms with van der Waals surface area (Å²) >= 11 is 0. The van der Waals surface area contributed by atoms with E-state index in [9.17, 15) is 4.79 Å². The molecule has 0 aliphatic rings. The number of hydrogen-bond donors (Lipinski definition) is 2. The van der Waals surface area contributed by atoms with Crippen LogP contribution in [-0.2, 0) is 22.4 Å². The summed E-state index contributed by atoms with van der Waals surface area (Å²) in [6.07, 6.45) is 3.16. The van der Waals surface area contributed by atoms with Crippen LogP contribution >= 0.6 is 0 Å². The Kier molecular flexibility index (Phi) is 3.62. The Hall–Kier alpha value is -1.88. The molecule has 0 saturated carbocycles. The number of carbonyl (C=O) groups is 1. The van der Waals surface area contributed by atoms with Crippen LogP contribution in [0.3, 0.4) is 0 Å². The quantitative estimate of drug-likeness (QED) is 0.795. The number of H-pyrrole nitrogens is 1. The van der Waals surface area contributed by atoms with Crippen LogP contribution in [0.2, 0.25) is 0 Å². The van der Waals surface area contributed by atoms with Gasteiger partial charge in [0.25, 0.3) is 0 Å². The number of aromatic amines is 1. The van der Waals surface area contributed by atoms with Gasteiger partial charge in [0.2, 0.25) is 0 Å². The number of methoxy groups -OCH3 is 1. The topological polar surface area (TPSA) is 81.0 Å². The number of ether oxygens (including phenoxy) is 1. The first-order chi connectivity index (χ1) is 8.65. The number of rotatable bonds is 4. The number of nitrogens with one attached hydrogen (secondary N) is 1. The number of carbonyl (C=O) groups excluding carboxylic acids is 1. The Morgan fingerprint density at radius 1 is 1.56 bits per heavy atom. The monoisotopic (exact) mass is 247 g/mol. The first-order valence-electron chi connectivity index (χ1n) is 5.94. The zero-order valence-corrected chi connectivity index (χ0v) is 10.6. The van der Waals surface area contributed by atoms with Crippen LogP contribution in [0.25, 0.3) is 10.9 Å². The van der Waals surface area contributed by atoms with E-state index in [1.54, 1.807) is 6.20 Å². The summed E-state index contributed by atoms with van der Waals surface area (Å²) < 4.78 is 4.63. The molecule has 5 nitrogen and oxygen atoms in total. The number of nitrogens with zero attached hydrogens (tertiary/aromatic N) is 1. The summed E-state index contributed by atoms with van der Waals surface area (Å²) in [6, 6.07) is 3.44. The Morgan fingerprint density at radius 2 is 2.33 bits per heavy atom. The van der Waals surface area contributed by atoms with Gasteiger partial charge in [0.15, 0.2) is 0 Å². The minimum Gasteiger partial charge on any atom is -0.468 e. The summed E-state index contributed by atoms with van der Waals surface area (Å²) in [7, 11) is 1.35. The minimum absolute atomic E-state index is 0.389. The van der Waals surface area contributed by atoms with Crippen LogP contribution in [0.4, 0.5) is 0 Å². The third-order valence-electron chi connectivity index (χ3n) is 3.03. The molecule has 0 spiro atoms. The Balaban J connectivity index is 2.31. The lowest BCUT2D eigenvalue weighted by Gasteiger charge is -2.10. The van der Waals surface area contributed by atoms with Crippen LogP contribution < -0.4 is 5.73 Å². The fourth-order valence-corrected chi connectivity index (χ4v) is 2.08. The fourth-order valence-electron chi connectivity index (χ4n) is 2.08. The minimum atomic E-state index is -0.621. The first kappa shape index (κ1) is 12.6. The highest BCUT2D eigenvalue weighted by Crippen LogP contribution is 2.20. The van der Waals surface area contributed by atoms with Crippen molar-refractivity contribution in [2.45, 2.75) is 25.8 Å². The van der Waals surface area contributed by atoms with Gasteiger partial charge in [-0.25, -0.2) is 0 Å². The highest BCUT2D eigenvalue weighted by molar-refractivity contribution is 5.82. The number of esters is 1. The summed E-state index contributed by atoms with van der Waals surface area (Å²) in [4.78, 5) is 11.3. The lowest BCUT2D eigenvalue weighted by Crippen LogP contribution is -2.33. The van der Waals surface area contributed by atoms with Gasteiger partial charge in [-0.15, -0.1) is 0 Å². The molecular weight excluding hydrogens is 230 g/mol. The van der Waals surface area contributed by atoms with Gasteiger partial charge in [-0.05, 0) is 30.0 Å². The van der Waals surface area contributed by atoms with Crippen molar-refractivity contribution in [3.8, 4) is 0 Å². The second-order valence-electron chi connectivity index (χ2n) is 4.28. The lowest BCUT2D eigenvalue weighted by molar-refractivity contribution is -0.142. The van der Waals surface area contributed by atoms with E-state index in [4.69, 9.17) is 5.73 Å². The molecule has 5 heteroatoms. The Morgan fingerprint density at radius 3 is 3.00 bits per heavy atom. The lowest BCUT2D eigenvalue weighted by atomic mass is 10.00. The molecule has 0 amide bonds. The van der Waals surface area contributed by atoms with E-state index in [0.717, 1.165) is 22.9 Å². The molecule has 0 radical (unpaired) electrons. The number of aromatic nitrogens is 2. The summed E-state index contributed by atoms with van der Waals surface area (Å²) in [6.45, 7) is 2.08. The molecule has 1 heterocycles. The number of fused-ring (bicyclic) bond motifs is 1. The first-order valence-corrected chi connectivity index (χ1v) is 5.94. The number of hydrogen-bond acceptors (Lipinski definition) is 4. The van der Waals surface area contributed by atoms with Gasteiger partial charge >= 0.3 is 5.97 Å². The molecule has 0 aliphatic carbocycles. The maximum absolute atomic E-state index is 11.3. The van der Waals surface area contributed by atoms with E-state index in [1.165, 1.54) is 12.7 Å². The van der Waals surface area contributed by atoms with Gasteiger partial charge in [0, 0.05) is 5.39 Å². The van der Waals surface area contributed by atoms with Crippen molar-refractivity contribution in [1.29, 1.82) is 0 Å². The molecule has 96 valence electrons. The number of aryl methyl sites for hydroxylation is 1. The molecule has 1 aromatic carbocycles. The van der Waals surface area contributed by atoms with E-state index >= 15 is 0 Å². The van der Waals surface area contributed by atoms with E-state index in [1.807, 2.05) is 6.07 Å². The zero-order valence-electron chi connectivity index (χ0n) is 10.6. The molecule has 1 aromatic heterocycles. The molecular formula is C13H17N3O2. The second-order valence-corrected chi connectivity index (χ2v) is 4.28. The van der Waals surface area contributed by atoms with Crippen LogP contribution in [0.5, 0.6) is 0 Å². The predicted molar refractivity (Wildman–Crippen MR) is 69.2 cm³/mol. The molecule has 2 rings (SSSR count). The number of benzene rings is 1. The molecule has 0 aliphatic heterocycles. The van der Waals surface area contributed by atoms with Crippen LogP contribution in [0.1, 0.15) is 18.1 Å². The van der Waals surface area contributed by atoms with Crippen molar-refractivity contribution in [2.75, 3.05) is 7.11 Å². The maximum atomic E-state index is 11.3. The normalized spacial score (nSPS) is 12.6. The molecule has 1 atom stereocenters. The molecule has 2 aromatic rings. The Labute approximate surface area is 105 Å². The largest absolute Gasteiger partial charge is 0.468 e. The van der Waals surface area contributed by atoms with Gasteiger partial charge in [-0.1, -0.05) is 13.0 Å². The second kappa shape index (κ2) is 5.18. The van der Waals surface area contributed by atoms with E-state index < -0.39 is 6.04 Å². The van der Waals surface area contributed by atoms with Crippen LogP contribution in [0, 0.1) is 0 Å². The summed E-state index contributed by atoms with van der Waals surface area (Å²) in [5.41, 5.74) is 9.03. The summed E-state index contributed by atoms with van der Waals surface area (Å²) in [5.74, 6) is -0.389. The maximum Gasteiger partial charge on any atom is 0.322 e. The third kappa shape index (κ3) is 2.36. The van der Waals surface area contributed by atoms with Crippen molar-refractivity contribution in [3.63, 3.8) is 0 Å². The van der Waals surface area contributed by atoms with Crippen LogP contribution in [-0.4, -0.2) is 29.3 Å². The van der Waals surface area contributed by atoms with Gasteiger partial charge in [-0.2, -0.15) is 5.10 Å². The average molecular weight is 247 g/mol. The highest BCUT2D eigenvalue weighted by Gasteiger charge is 2.15. The SMILES string of the molecule is CCc1cc(C[C@@H](N)C(=O)OC)cc2cn[nH]c12. The molecule has 0 fully saturated rings. The van der Waals surface area contributed by atoms with E-state index in [0.29, 0.717) is 6.42 Å². The number of nitrogens with two attached hydrogens (primary N) is 1. The van der Waals surface area contributed by atoms with Crippen molar-refractivity contribution in [1.82, 2.24) is 10.2 Å². The Bertz CT molecular complexity index is 562. The van der Waals surface area contributed by atoms with Gasteiger partial charge in [-0.3, -0.25) is 9.89 Å². The van der Waals surface area contributed by atoms with Gasteiger partial charge < -0.3 is 10.5 Å². The highest BCUT2D eigenvalue weighted by atomic mass is 16.5. The standard InChI is InChI=1S/C13H17N3O2/c1-3-9-4-8(6-11(14)13(17)18-2)5-10-7-15-16-12(9)10/h4-5,7,11H,3,6,14H2,1-2H3,(H,15,16)/t11-/m1/s1.